The third-order valence-corrected chi connectivity index (χ3v) is 2.30. The molecule has 0 heterocycles. The van der Waals surface area contributed by atoms with Crippen LogP contribution in [0.3, 0.4) is 0 Å². The Hall–Kier alpha value is -1.16. The molecule has 0 saturated heterocycles. The summed E-state index contributed by atoms with van der Waals surface area (Å²) in [7, 11) is 0. The van der Waals surface area contributed by atoms with Gasteiger partial charge in [-0.15, -0.1) is 0 Å². The van der Waals surface area contributed by atoms with Crippen molar-refractivity contribution in [3.05, 3.63) is 29.8 Å². The van der Waals surface area contributed by atoms with Crippen LogP contribution in [0, 0.1) is 17.0 Å². The fourth-order valence-corrected chi connectivity index (χ4v) is 0.992. The quantitative estimate of drug-likeness (QED) is 0.865. The molecular weight excluding hydrogens is 214 g/mol. The first kappa shape index (κ1) is 12.9. The van der Waals surface area contributed by atoms with Crippen molar-refractivity contribution in [2.24, 2.45) is 5.41 Å². The molecule has 0 saturated carbocycles. The van der Waals surface area contributed by atoms with Gasteiger partial charge in [0.15, 0.2) is 11.6 Å². The lowest BCUT2D eigenvalue weighted by Crippen LogP contribution is -2.31. The molecule has 0 aliphatic heterocycles. The van der Waals surface area contributed by atoms with E-state index in [2.05, 4.69) is 0 Å². The van der Waals surface area contributed by atoms with Crippen LogP contribution in [0.1, 0.15) is 20.8 Å². The Labute approximate surface area is 93.9 Å². The summed E-state index contributed by atoms with van der Waals surface area (Å²) in [6.45, 7) is 5.65. The van der Waals surface area contributed by atoms with Gasteiger partial charge < -0.3 is 9.84 Å². The third kappa shape index (κ3) is 3.45. The second kappa shape index (κ2) is 4.78. The second-order valence-corrected chi connectivity index (χ2v) is 4.77. The molecule has 1 unspecified atom stereocenters. The molecule has 0 radical (unpaired) electrons. The van der Waals surface area contributed by atoms with Crippen molar-refractivity contribution in [2.45, 2.75) is 26.9 Å². The summed E-state index contributed by atoms with van der Waals surface area (Å²) in [5, 5.41) is 9.68. The van der Waals surface area contributed by atoms with Crippen molar-refractivity contribution >= 4 is 0 Å². The van der Waals surface area contributed by atoms with Crippen LogP contribution < -0.4 is 4.74 Å². The maximum atomic E-state index is 12.8. The highest BCUT2D eigenvalue weighted by Gasteiger charge is 2.22. The molecule has 0 aliphatic rings. The molecule has 0 amide bonds. The second-order valence-electron chi connectivity index (χ2n) is 4.77. The largest absolute Gasteiger partial charge is 0.491 e. The van der Waals surface area contributed by atoms with Gasteiger partial charge in [-0.05, 0) is 17.5 Å². The Morgan fingerprint density at radius 2 is 1.88 bits per heavy atom. The first-order valence-corrected chi connectivity index (χ1v) is 5.06. The Morgan fingerprint density at radius 1 is 1.25 bits per heavy atom. The van der Waals surface area contributed by atoms with E-state index in [9.17, 15) is 13.9 Å². The van der Waals surface area contributed by atoms with E-state index in [1.165, 1.54) is 6.07 Å². The van der Waals surface area contributed by atoms with Gasteiger partial charge in [0.2, 0.25) is 0 Å². The average Bonchev–Trinajstić information content (AvgIpc) is 2.18. The number of aliphatic hydroxyl groups is 1. The smallest absolute Gasteiger partial charge is 0.162 e. The molecule has 16 heavy (non-hydrogen) atoms. The highest BCUT2D eigenvalue weighted by Crippen LogP contribution is 2.21. The first-order valence-electron chi connectivity index (χ1n) is 5.06. The number of rotatable bonds is 3. The van der Waals surface area contributed by atoms with Gasteiger partial charge in [0, 0.05) is 6.07 Å². The van der Waals surface area contributed by atoms with Crippen LogP contribution in [0.5, 0.6) is 5.75 Å². The minimum absolute atomic E-state index is 0.0502. The van der Waals surface area contributed by atoms with Crippen LogP contribution in [-0.4, -0.2) is 17.8 Å². The van der Waals surface area contributed by atoms with Gasteiger partial charge in [0.05, 0.1) is 6.10 Å². The third-order valence-electron chi connectivity index (χ3n) is 2.30. The molecule has 1 N–H and O–H groups in total. The monoisotopic (exact) mass is 230 g/mol. The van der Waals surface area contributed by atoms with Gasteiger partial charge in [-0.2, -0.15) is 0 Å². The van der Waals surface area contributed by atoms with E-state index in [0.29, 0.717) is 0 Å². The molecule has 1 rings (SSSR count). The highest BCUT2D eigenvalue weighted by atomic mass is 19.2. The summed E-state index contributed by atoms with van der Waals surface area (Å²) in [6.07, 6.45) is -0.666. The van der Waals surface area contributed by atoms with E-state index in [1.807, 2.05) is 20.8 Å². The van der Waals surface area contributed by atoms with Gasteiger partial charge in [-0.3, -0.25) is 0 Å². The molecule has 2 nitrogen and oxygen atoms in total. The van der Waals surface area contributed by atoms with E-state index in [1.54, 1.807) is 0 Å². The van der Waals surface area contributed by atoms with Crippen LogP contribution in [0.2, 0.25) is 0 Å². The number of hydrogen-bond acceptors (Lipinski definition) is 2. The lowest BCUT2D eigenvalue weighted by Gasteiger charge is -2.25. The lowest BCUT2D eigenvalue weighted by molar-refractivity contribution is 0.0217. The highest BCUT2D eigenvalue weighted by molar-refractivity contribution is 5.23. The molecule has 0 aromatic heterocycles. The first-order chi connectivity index (χ1) is 7.30. The zero-order valence-electron chi connectivity index (χ0n) is 9.63. The Bertz CT molecular complexity index is 359. The zero-order chi connectivity index (χ0) is 12.3. The van der Waals surface area contributed by atoms with Crippen LogP contribution >= 0.6 is 0 Å². The van der Waals surface area contributed by atoms with E-state index in [0.717, 1.165) is 12.1 Å². The number of hydrogen-bond donors (Lipinski definition) is 1. The van der Waals surface area contributed by atoms with Crippen LogP contribution in [0.25, 0.3) is 0 Å². The molecule has 4 heteroatoms. The average molecular weight is 230 g/mol. The minimum atomic E-state index is -0.956. The summed E-state index contributed by atoms with van der Waals surface area (Å²) in [5.74, 6) is -1.66. The Balaban J connectivity index is 2.58. The van der Waals surface area contributed by atoms with Crippen LogP contribution in [0.15, 0.2) is 18.2 Å². The molecule has 0 aliphatic carbocycles. The maximum Gasteiger partial charge on any atom is 0.162 e. The maximum absolute atomic E-state index is 12.8. The molecular formula is C12H16F2O2. The molecule has 1 aromatic rings. The van der Waals surface area contributed by atoms with Gasteiger partial charge in [0.25, 0.3) is 0 Å². The topological polar surface area (TPSA) is 29.5 Å². The van der Waals surface area contributed by atoms with Crippen molar-refractivity contribution in [1.29, 1.82) is 0 Å². The molecule has 90 valence electrons. The predicted molar refractivity (Wildman–Crippen MR) is 57.3 cm³/mol. The summed E-state index contributed by atoms with van der Waals surface area (Å²) >= 11 is 0. The zero-order valence-corrected chi connectivity index (χ0v) is 9.63. The normalized spacial score (nSPS) is 13.6. The van der Waals surface area contributed by atoms with Crippen molar-refractivity contribution in [1.82, 2.24) is 0 Å². The van der Waals surface area contributed by atoms with Gasteiger partial charge in [0.1, 0.15) is 12.4 Å². The van der Waals surface area contributed by atoms with E-state index in [-0.39, 0.29) is 17.8 Å². The number of aliphatic hydroxyl groups excluding tert-OH is 1. The Morgan fingerprint density at radius 3 is 2.38 bits per heavy atom. The minimum Gasteiger partial charge on any atom is -0.491 e. The number of halogens is 2. The molecule has 0 fully saturated rings. The summed E-state index contributed by atoms with van der Waals surface area (Å²) < 4.78 is 30.6. The van der Waals surface area contributed by atoms with Crippen molar-refractivity contribution < 1.29 is 18.6 Å². The van der Waals surface area contributed by atoms with Gasteiger partial charge in [-0.25, -0.2) is 8.78 Å². The Kier molecular flexibility index (Phi) is 3.86. The lowest BCUT2D eigenvalue weighted by atomic mass is 9.90. The predicted octanol–water partition coefficient (Wildman–Crippen LogP) is 2.75. The van der Waals surface area contributed by atoms with Crippen molar-refractivity contribution in [3.63, 3.8) is 0 Å². The number of ether oxygens (including phenoxy) is 1. The van der Waals surface area contributed by atoms with Crippen molar-refractivity contribution in [3.8, 4) is 5.75 Å². The number of benzene rings is 1. The van der Waals surface area contributed by atoms with Crippen LogP contribution in [-0.2, 0) is 0 Å². The molecule has 1 atom stereocenters. The van der Waals surface area contributed by atoms with E-state index < -0.39 is 17.7 Å². The van der Waals surface area contributed by atoms with Gasteiger partial charge in [-0.1, -0.05) is 20.8 Å². The molecule has 0 bridgehead atoms. The van der Waals surface area contributed by atoms with E-state index in [4.69, 9.17) is 4.74 Å². The summed E-state index contributed by atoms with van der Waals surface area (Å²) in [4.78, 5) is 0. The molecule has 0 spiro atoms. The summed E-state index contributed by atoms with van der Waals surface area (Å²) in [6, 6.07) is 3.28. The summed E-state index contributed by atoms with van der Waals surface area (Å²) in [5.41, 5.74) is -0.307. The van der Waals surface area contributed by atoms with Crippen molar-refractivity contribution in [2.75, 3.05) is 6.61 Å². The van der Waals surface area contributed by atoms with E-state index >= 15 is 0 Å². The molecule has 1 aromatic carbocycles. The fraction of sp³-hybridized carbons (Fsp3) is 0.500. The van der Waals surface area contributed by atoms with Gasteiger partial charge >= 0.3 is 0 Å². The standard InChI is InChI=1S/C12H16F2O2/c1-12(2,3)11(15)7-16-8-4-5-9(13)10(14)6-8/h4-6,11,15H,7H2,1-3H3. The fourth-order valence-electron chi connectivity index (χ4n) is 0.992. The van der Waals surface area contributed by atoms with Crippen LogP contribution in [0.4, 0.5) is 8.78 Å². The SMILES string of the molecule is CC(C)(C)C(O)COc1ccc(F)c(F)c1.